The van der Waals surface area contributed by atoms with E-state index in [2.05, 4.69) is 89.5 Å². The van der Waals surface area contributed by atoms with E-state index in [0.717, 1.165) is 82.7 Å². The van der Waals surface area contributed by atoms with Crippen molar-refractivity contribution in [3.8, 4) is 28.3 Å². The van der Waals surface area contributed by atoms with E-state index in [9.17, 15) is 0 Å². The van der Waals surface area contributed by atoms with E-state index in [1.54, 1.807) is 0 Å². The molecule has 4 aromatic heterocycles. The SMILES string of the molecule is c1ccc(-c2nc(-c3cccc4oc5ccccc5c34)nc3c2oc2ccc4c(c5ccccc5n4-c4ccccc4)c23)cc1. The molecule has 0 radical (unpaired) electrons. The number of nitrogens with zero attached hydrogens (tertiary/aromatic N) is 3. The first-order chi connectivity index (χ1) is 22.3. The first kappa shape index (κ1) is 24.3. The number of para-hydroxylation sites is 3. The summed E-state index contributed by atoms with van der Waals surface area (Å²) in [6, 6.07) is 47.7. The molecule has 6 aromatic carbocycles. The lowest BCUT2D eigenvalue weighted by Gasteiger charge is -2.08. The molecule has 0 aliphatic heterocycles. The Morgan fingerprint density at radius 1 is 0.467 bits per heavy atom. The van der Waals surface area contributed by atoms with Gasteiger partial charge in [-0.05, 0) is 42.5 Å². The molecule has 0 bridgehead atoms. The Balaban J connectivity index is 1.38. The van der Waals surface area contributed by atoms with E-state index in [1.807, 2.05) is 54.6 Å². The molecule has 0 atom stereocenters. The van der Waals surface area contributed by atoms with E-state index in [-0.39, 0.29) is 0 Å². The summed E-state index contributed by atoms with van der Waals surface area (Å²) in [6.45, 7) is 0. The number of hydrogen-bond acceptors (Lipinski definition) is 4. The molecule has 210 valence electrons. The molecule has 0 aliphatic rings. The predicted octanol–water partition coefficient (Wildman–Crippen LogP) is 10.7. The smallest absolute Gasteiger partial charge is 0.180 e. The Morgan fingerprint density at radius 2 is 1.18 bits per heavy atom. The molecule has 0 saturated carbocycles. The number of benzene rings is 6. The van der Waals surface area contributed by atoms with Gasteiger partial charge >= 0.3 is 0 Å². The molecular weight excluding hydrogens is 554 g/mol. The second-order valence-corrected chi connectivity index (χ2v) is 11.3. The van der Waals surface area contributed by atoms with Gasteiger partial charge in [0.05, 0.1) is 16.4 Å². The van der Waals surface area contributed by atoms with Crippen molar-refractivity contribution in [1.29, 1.82) is 0 Å². The summed E-state index contributed by atoms with van der Waals surface area (Å²) < 4.78 is 15.3. The quantitative estimate of drug-likeness (QED) is 0.210. The predicted molar refractivity (Wildman–Crippen MR) is 182 cm³/mol. The molecule has 5 nitrogen and oxygen atoms in total. The van der Waals surface area contributed by atoms with Crippen molar-refractivity contribution < 1.29 is 8.83 Å². The molecule has 0 spiro atoms. The van der Waals surface area contributed by atoms with Crippen LogP contribution in [-0.4, -0.2) is 14.5 Å². The minimum absolute atomic E-state index is 0.630. The Morgan fingerprint density at radius 3 is 2.04 bits per heavy atom. The summed E-state index contributed by atoms with van der Waals surface area (Å²) in [5.74, 6) is 0.630. The van der Waals surface area contributed by atoms with Crippen LogP contribution in [0.3, 0.4) is 0 Å². The van der Waals surface area contributed by atoms with Gasteiger partial charge in [-0.1, -0.05) is 97.1 Å². The van der Waals surface area contributed by atoms with Gasteiger partial charge in [-0.3, -0.25) is 0 Å². The fourth-order valence-electron chi connectivity index (χ4n) is 6.92. The number of fused-ring (bicyclic) bond motifs is 10. The maximum absolute atomic E-state index is 6.69. The molecule has 0 amide bonds. The molecule has 45 heavy (non-hydrogen) atoms. The summed E-state index contributed by atoms with van der Waals surface area (Å²) >= 11 is 0. The van der Waals surface area contributed by atoms with Crippen molar-refractivity contribution in [2.24, 2.45) is 0 Å². The molecule has 0 N–H and O–H groups in total. The van der Waals surface area contributed by atoms with Crippen LogP contribution in [0.5, 0.6) is 0 Å². The Bertz CT molecular complexity index is 2750. The maximum atomic E-state index is 6.69. The first-order valence-electron chi connectivity index (χ1n) is 15.0. The molecule has 0 aliphatic carbocycles. The maximum Gasteiger partial charge on any atom is 0.180 e. The van der Waals surface area contributed by atoms with Crippen LogP contribution in [0.15, 0.2) is 148 Å². The Labute approximate surface area is 256 Å². The van der Waals surface area contributed by atoms with Crippen LogP contribution in [-0.2, 0) is 0 Å². The largest absolute Gasteiger partial charge is 0.456 e. The van der Waals surface area contributed by atoms with Crippen LogP contribution in [0.4, 0.5) is 0 Å². The highest BCUT2D eigenvalue weighted by Crippen LogP contribution is 2.44. The summed E-state index contributed by atoms with van der Waals surface area (Å²) in [6.07, 6.45) is 0. The molecule has 0 fully saturated rings. The highest BCUT2D eigenvalue weighted by molar-refractivity contribution is 6.27. The molecule has 10 rings (SSSR count). The highest BCUT2D eigenvalue weighted by atomic mass is 16.3. The molecular formula is C40H23N3O2. The van der Waals surface area contributed by atoms with Crippen LogP contribution in [0.2, 0.25) is 0 Å². The van der Waals surface area contributed by atoms with Crippen molar-refractivity contribution in [2.45, 2.75) is 0 Å². The van der Waals surface area contributed by atoms with E-state index in [4.69, 9.17) is 18.8 Å². The molecule has 4 heterocycles. The summed E-state index contributed by atoms with van der Waals surface area (Å²) in [4.78, 5) is 10.6. The zero-order valence-electron chi connectivity index (χ0n) is 23.9. The van der Waals surface area contributed by atoms with Crippen molar-refractivity contribution in [1.82, 2.24) is 14.5 Å². The van der Waals surface area contributed by atoms with Crippen molar-refractivity contribution >= 4 is 65.8 Å². The number of hydrogen-bond donors (Lipinski definition) is 0. The topological polar surface area (TPSA) is 57.0 Å². The summed E-state index contributed by atoms with van der Waals surface area (Å²) in [5, 5.41) is 5.29. The second-order valence-electron chi connectivity index (χ2n) is 11.3. The third-order valence-electron chi connectivity index (χ3n) is 8.82. The third kappa shape index (κ3) is 3.43. The van der Waals surface area contributed by atoms with E-state index in [0.29, 0.717) is 11.4 Å². The van der Waals surface area contributed by atoms with Gasteiger partial charge < -0.3 is 13.4 Å². The minimum Gasteiger partial charge on any atom is -0.456 e. The lowest BCUT2D eigenvalue weighted by molar-refractivity contribution is 0.667. The van der Waals surface area contributed by atoms with Gasteiger partial charge in [-0.25, -0.2) is 9.97 Å². The van der Waals surface area contributed by atoms with Crippen molar-refractivity contribution in [2.75, 3.05) is 0 Å². The lowest BCUT2D eigenvalue weighted by atomic mass is 10.0. The monoisotopic (exact) mass is 577 g/mol. The van der Waals surface area contributed by atoms with Gasteiger partial charge in [0.1, 0.15) is 28.0 Å². The van der Waals surface area contributed by atoms with Gasteiger partial charge in [0, 0.05) is 38.4 Å². The Hall–Kier alpha value is -6.20. The van der Waals surface area contributed by atoms with Crippen LogP contribution < -0.4 is 0 Å². The zero-order chi connectivity index (χ0) is 29.5. The molecule has 0 saturated heterocycles. The second kappa shape index (κ2) is 9.15. The highest BCUT2D eigenvalue weighted by Gasteiger charge is 2.24. The third-order valence-corrected chi connectivity index (χ3v) is 8.82. The first-order valence-corrected chi connectivity index (χ1v) is 15.0. The van der Waals surface area contributed by atoms with Crippen LogP contribution in [0.25, 0.3) is 94.1 Å². The van der Waals surface area contributed by atoms with Gasteiger partial charge in [0.25, 0.3) is 0 Å². The standard InChI is InChI=1S/C40H23N3O2/c1-3-12-24(13-4-1)37-39-38(42-40(41-37)28-18-11-21-32-34(28)27-17-8-10-20-31(27)44-32)36-33(45-39)23-22-30-35(36)26-16-7-9-19-29(26)43(30)25-14-5-2-6-15-25/h1-23H. The van der Waals surface area contributed by atoms with Crippen molar-refractivity contribution in [3.63, 3.8) is 0 Å². The number of aromatic nitrogens is 3. The zero-order valence-corrected chi connectivity index (χ0v) is 23.9. The minimum atomic E-state index is 0.630. The fourth-order valence-corrected chi connectivity index (χ4v) is 6.92. The normalized spacial score (nSPS) is 12.0. The van der Waals surface area contributed by atoms with Crippen LogP contribution in [0.1, 0.15) is 0 Å². The molecule has 0 unspecified atom stereocenters. The van der Waals surface area contributed by atoms with Gasteiger partial charge in [-0.15, -0.1) is 0 Å². The summed E-state index contributed by atoms with van der Waals surface area (Å²) in [5.41, 5.74) is 9.89. The van der Waals surface area contributed by atoms with Gasteiger partial charge in [0.15, 0.2) is 11.4 Å². The molecule has 5 heteroatoms. The van der Waals surface area contributed by atoms with Gasteiger partial charge in [0.2, 0.25) is 0 Å². The van der Waals surface area contributed by atoms with Crippen molar-refractivity contribution in [3.05, 3.63) is 140 Å². The van der Waals surface area contributed by atoms with E-state index in [1.165, 1.54) is 0 Å². The number of rotatable bonds is 3. The van der Waals surface area contributed by atoms with E-state index >= 15 is 0 Å². The lowest BCUT2D eigenvalue weighted by Crippen LogP contribution is -1.94. The van der Waals surface area contributed by atoms with Crippen LogP contribution in [0, 0.1) is 0 Å². The average molecular weight is 578 g/mol. The summed E-state index contributed by atoms with van der Waals surface area (Å²) in [7, 11) is 0. The average Bonchev–Trinajstić information content (AvgIpc) is 3.78. The number of furan rings is 2. The fraction of sp³-hybridized carbons (Fsp3) is 0. The molecule has 10 aromatic rings. The van der Waals surface area contributed by atoms with Crippen LogP contribution >= 0.6 is 0 Å². The Kier molecular flexibility index (Phi) is 4.93. The van der Waals surface area contributed by atoms with E-state index < -0.39 is 0 Å². The van der Waals surface area contributed by atoms with Gasteiger partial charge in [-0.2, -0.15) is 0 Å².